The van der Waals surface area contributed by atoms with Gasteiger partial charge < -0.3 is 14.5 Å². The molecule has 0 bridgehead atoms. The third kappa shape index (κ3) is 4.76. The Morgan fingerprint density at radius 3 is 2.35 bits per heavy atom. The zero-order valence-electron chi connectivity index (χ0n) is 22.1. The van der Waals surface area contributed by atoms with Crippen molar-refractivity contribution in [3.05, 3.63) is 47.8 Å². The van der Waals surface area contributed by atoms with Gasteiger partial charge in [-0.2, -0.15) is 18.4 Å². The monoisotopic (exact) mass is 571 g/mol. The number of hydrogen-bond donors (Lipinski definition) is 0. The zero-order valence-corrected chi connectivity index (χ0v) is 22.9. The van der Waals surface area contributed by atoms with E-state index in [0.29, 0.717) is 37.4 Å². The van der Waals surface area contributed by atoms with Crippen LogP contribution in [0.1, 0.15) is 57.2 Å². The van der Waals surface area contributed by atoms with Crippen molar-refractivity contribution in [3.8, 4) is 11.8 Å². The lowest BCUT2D eigenvalue weighted by atomic mass is 9.75. The normalized spacial score (nSPS) is 19.3. The SMILES string of the molecule is CC(C)C(=O)N1CCC(Oc2ccc(N3C(=S)N(c4cnc(C#N)c(C(F)(F)F)c4)C(=O)C34CCC4)cc2)CC1. The number of likely N-dealkylation sites (tertiary alicyclic amines) is 1. The summed E-state index contributed by atoms with van der Waals surface area (Å²) in [6.07, 6.45) is -0.542. The highest BCUT2D eigenvalue weighted by molar-refractivity contribution is 7.81. The number of amides is 2. The summed E-state index contributed by atoms with van der Waals surface area (Å²) in [6.45, 7) is 5.06. The molecule has 1 aromatic heterocycles. The van der Waals surface area contributed by atoms with Crippen molar-refractivity contribution in [3.63, 3.8) is 0 Å². The maximum absolute atomic E-state index is 13.6. The van der Waals surface area contributed by atoms with Crippen molar-refractivity contribution in [2.45, 2.75) is 63.8 Å². The third-order valence-electron chi connectivity index (χ3n) is 7.78. The molecule has 3 fully saturated rings. The minimum atomic E-state index is -4.82. The van der Waals surface area contributed by atoms with E-state index in [1.165, 1.54) is 6.07 Å². The van der Waals surface area contributed by atoms with Gasteiger partial charge in [0.05, 0.1) is 17.4 Å². The molecular weight excluding hydrogens is 543 g/mol. The van der Waals surface area contributed by atoms with Crippen molar-refractivity contribution in [2.75, 3.05) is 22.9 Å². The number of alkyl halides is 3. The van der Waals surface area contributed by atoms with Gasteiger partial charge in [0, 0.05) is 37.5 Å². The number of carbonyl (C=O) groups is 2. The molecule has 1 aliphatic carbocycles. The van der Waals surface area contributed by atoms with E-state index in [1.807, 2.05) is 18.7 Å². The number of halogens is 3. The first-order valence-electron chi connectivity index (χ1n) is 13.2. The maximum Gasteiger partial charge on any atom is 0.419 e. The standard InChI is InChI=1S/C28H28F3N5O3S/c1-17(2)24(37)34-12-8-21(9-13-34)39-20-6-4-18(5-7-20)36-26(40)35(25(38)27(36)10-3-11-27)19-14-22(28(29,30)31)23(15-32)33-16-19/h4-7,14,16-17,21H,3,8-13H2,1-2H3. The molecule has 2 aromatic rings. The lowest BCUT2D eigenvalue weighted by Gasteiger charge is -2.43. The molecule has 0 unspecified atom stereocenters. The molecule has 210 valence electrons. The first kappa shape index (κ1) is 27.8. The van der Waals surface area contributed by atoms with Crippen LogP contribution in [0.4, 0.5) is 24.5 Å². The number of nitriles is 1. The van der Waals surface area contributed by atoms with Gasteiger partial charge in [0.2, 0.25) is 5.91 Å². The summed E-state index contributed by atoms with van der Waals surface area (Å²) in [7, 11) is 0. The molecule has 2 aliphatic heterocycles. The number of hydrogen-bond acceptors (Lipinski definition) is 6. The van der Waals surface area contributed by atoms with Crippen LogP contribution in [-0.2, 0) is 15.8 Å². The van der Waals surface area contributed by atoms with E-state index < -0.39 is 28.9 Å². The van der Waals surface area contributed by atoms with Gasteiger partial charge in [0.25, 0.3) is 5.91 Å². The molecule has 40 heavy (non-hydrogen) atoms. The fourth-order valence-corrected chi connectivity index (χ4v) is 5.98. The van der Waals surface area contributed by atoms with Gasteiger partial charge in [-0.25, -0.2) is 4.98 Å². The summed E-state index contributed by atoms with van der Waals surface area (Å²) in [5, 5.41) is 9.15. The van der Waals surface area contributed by atoms with Crippen LogP contribution in [-0.4, -0.2) is 51.5 Å². The molecule has 1 spiro atoms. The number of benzene rings is 1. The Kier molecular flexibility index (Phi) is 7.20. The number of piperidine rings is 1. The average molecular weight is 572 g/mol. The summed E-state index contributed by atoms with van der Waals surface area (Å²) in [5.74, 6) is 0.332. The van der Waals surface area contributed by atoms with Crippen LogP contribution >= 0.6 is 12.2 Å². The van der Waals surface area contributed by atoms with Crippen LogP contribution in [0.15, 0.2) is 36.5 Å². The van der Waals surface area contributed by atoms with E-state index in [2.05, 4.69) is 4.98 Å². The number of pyridine rings is 1. The number of carbonyl (C=O) groups excluding carboxylic acids is 2. The van der Waals surface area contributed by atoms with Gasteiger partial charge in [0.1, 0.15) is 23.5 Å². The third-order valence-corrected chi connectivity index (χ3v) is 8.15. The highest BCUT2D eigenvalue weighted by Crippen LogP contribution is 2.48. The molecule has 2 saturated heterocycles. The van der Waals surface area contributed by atoms with E-state index in [0.717, 1.165) is 36.4 Å². The van der Waals surface area contributed by atoms with E-state index in [1.54, 1.807) is 29.2 Å². The van der Waals surface area contributed by atoms with Gasteiger partial charge in [0.15, 0.2) is 10.8 Å². The number of thiocarbonyl (C=S) groups is 1. The molecular formula is C28H28F3N5O3S. The predicted octanol–water partition coefficient (Wildman–Crippen LogP) is 5.06. The van der Waals surface area contributed by atoms with E-state index in [4.69, 9.17) is 22.2 Å². The molecule has 0 radical (unpaired) electrons. The number of nitrogens with zero attached hydrogens (tertiary/aromatic N) is 5. The Morgan fingerprint density at radius 2 is 1.82 bits per heavy atom. The zero-order chi connectivity index (χ0) is 28.8. The minimum absolute atomic E-state index is 0.0309. The molecule has 0 atom stereocenters. The largest absolute Gasteiger partial charge is 0.490 e. The Morgan fingerprint density at radius 1 is 1.18 bits per heavy atom. The van der Waals surface area contributed by atoms with Gasteiger partial charge in [-0.05, 0) is 61.8 Å². The van der Waals surface area contributed by atoms with E-state index in [-0.39, 0.29) is 28.7 Å². The van der Waals surface area contributed by atoms with Crippen molar-refractivity contribution in [1.29, 1.82) is 5.26 Å². The van der Waals surface area contributed by atoms with Crippen LogP contribution < -0.4 is 14.5 Å². The average Bonchev–Trinajstić information content (AvgIpc) is 3.14. The number of ether oxygens (including phenoxy) is 1. The summed E-state index contributed by atoms with van der Waals surface area (Å²) < 4.78 is 46.9. The Bertz CT molecular complexity index is 1380. The number of rotatable bonds is 5. The summed E-state index contributed by atoms with van der Waals surface area (Å²) in [4.78, 5) is 34.2. The second kappa shape index (κ2) is 10.4. The lowest BCUT2D eigenvalue weighted by Crippen LogP contribution is -2.55. The minimum Gasteiger partial charge on any atom is -0.490 e. The summed E-state index contributed by atoms with van der Waals surface area (Å²) >= 11 is 5.66. The van der Waals surface area contributed by atoms with Crippen LogP contribution in [0.3, 0.4) is 0 Å². The van der Waals surface area contributed by atoms with Crippen LogP contribution in [0.5, 0.6) is 5.75 Å². The van der Waals surface area contributed by atoms with E-state index in [9.17, 15) is 22.8 Å². The molecule has 3 heterocycles. The molecule has 5 rings (SSSR count). The Labute approximate surface area is 235 Å². The lowest BCUT2D eigenvalue weighted by molar-refractivity contribution is -0.138. The molecule has 2 amide bonds. The predicted molar refractivity (Wildman–Crippen MR) is 145 cm³/mol. The highest BCUT2D eigenvalue weighted by Gasteiger charge is 2.59. The molecule has 12 heteroatoms. The summed E-state index contributed by atoms with van der Waals surface area (Å²) in [5.41, 5.74) is -2.47. The Balaban J connectivity index is 1.35. The molecule has 1 aromatic carbocycles. The first-order valence-corrected chi connectivity index (χ1v) is 13.6. The van der Waals surface area contributed by atoms with Gasteiger partial charge in [-0.15, -0.1) is 0 Å². The maximum atomic E-state index is 13.6. The molecule has 1 saturated carbocycles. The fourth-order valence-electron chi connectivity index (χ4n) is 5.51. The quantitative estimate of drug-likeness (QED) is 0.464. The molecule has 3 aliphatic rings. The highest BCUT2D eigenvalue weighted by atomic mass is 32.1. The molecule has 0 N–H and O–H groups in total. The topological polar surface area (TPSA) is 89.8 Å². The van der Waals surface area contributed by atoms with E-state index >= 15 is 0 Å². The van der Waals surface area contributed by atoms with Crippen LogP contribution in [0.2, 0.25) is 0 Å². The van der Waals surface area contributed by atoms with Gasteiger partial charge in [-0.1, -0.05) is 13.8 Å². The summed E-state index contributed by atoms with van der Waals surface area (Å²) in [6, 6.07) is 9.35. The number of aromatic nitrogens is 1. The van der Waals surface area contributed by atoms with Gasteiger partial charge >= 0.3 is 6.18 Å². The van der Waals surface area contributed by atoms with Crippen molar-refractivity contribution < 1.29 is 27.5 Å². The van der Waals surface area contributed by atoms with Crippen LogP contribution in [0.25, 0.3) is 0 Å². The van der Waals surface area contributed by atoms with Crippen molar-refractivity contribution in [2.24, 2.45) is 5.92 Å². The smallest absolute Gasteiger partial charge is 0.419 e. The number of anilines is 2. The van der Waals surface area contributed by atoms with Crippen LogP contribution in [0, 0.1) is 17.2 Å². The van der Waals surface area contributed by atoms with Crippen molar-refractivity contribution >= 4 is 40.5 Å². The first-order chi connectivity index (χ1) is 19.0. The fraction of sp³-hybridized carbons (Fsp3) is 0.464. The second-order valence-corrected chi connectivity index (χ2v) is 11.0. The molecule has 8 nitrogen and oxygen atoms in total. The van der Waals surface area contributed by atoms with Gasteiger partial charge in [-0.3, -0.25) is 14.5 Å². The van der Waals surface area contributed by atoms with Crippen molar-refractivity contribution in [1.82, 2.24) is 9.88 Å². The second-order valence-electron chi connectivity index (χ2n) is 10.6. The Hall–Kier alpha value is -3.72.